The molecule has 0 aromatic rings. The van der Waals surface area contributed by atoms with E-state index in [1.165, 1.54) is 0 Å². The second-order valence-electron chi connectivity index (χ2n) is 3.10. The van der Waals surface area contributed by atoms with Gasteiger partial charge >= 0.3 is 6.08 Å². The Hall–Kier alpha value is -0.510. The third-order valence-corrected chi connectivity index (χ3v) is 2.33. The van der Waals surface area contributed by atoms with Crippen LogP contribution in [0.2, 0.25) is 0 Å². The molecule has 0 atom stereocenters. The largest absolute Gasteiger partial charge is 0.390 e. The minimum absolute atomic E-state index is 0.0448. The molecule has 0 saturated heterocycles. The van der Waals surface area contributed by atoms with Gasteiger partial charge in [-0.25, -0.2) is 4.39 Å². The fourth-order valence-electron chi connectivity index (χ4n) is 1.04. The van der Waals surface area contributed by atoms with Gasteiger partial charge < -0.3 is 5.11 Å². The molecule has 0 spiro atoms. The first-order valence-corrected chi connectivity index (χ1v) is 4.37. The quantitative estimate of drug-likeness (QED) is 0.714. The van der Waals surface area contributed by atoms with E-state index < -0.39 is 17.5 Å². The second kappa shape index (κ2) is 5.27. The summed E-state index contributed by atoms with van der Waals surface area (Å²) in [6.07, 6.45) is -1.73. The maximum atomic E-state index is 12.3. The van der Waals surface area contributed by atoms with Crippen LogP contribution in [0.25, 0.3) is 0 Å². The maximum absolute atomic E-state index is 12.3. The molecule has 78 valence electrons. The Balaban J connectivity index is 4.08. The van der Waals surface area contributed by atoms with Crippen LogP contribution in [0.4, 0.5) is 13.2 Å². The molecule has 0 radical (unpaired) electrons. The average Bonchev–Trinajstić information content (AvgIpc) is 2.13. The zero-order valence-corrected chi connectivity index (χ0v) is 7.91. The minimum Gasteiger partial charge on any atom is -0.390 e. The fourth-order valence-corrected chi connectivity index (χ4v) is 1.04. The van der Waals surface area contributed by atoms with Crippen LogP contribution in [-0.4, -0.2) is 10.7 Å². The molecular formula is C9H15F3O. The summed E-state index contributed by atoms with van der Waals surface area (Å²) in [5.41, 5.74) is -1.01. The van der Waals surface area contributed by atoms with Crippen LogP contribution in [0.5, 0.6) is 0 Å². The molecule has 4 heteroatoms. The average molecular weight is 196 g/mol. The lowest BCUT2D eigenvalue weighted by Gasteiger charge is -2.24. The molecule has 0 unspecified atom stereocenters. The normalized spacial score (nSPS) is 11.5. The van der Waals surface area contributed by atoms with Crippen LogP contribution in [0.1, 0.15) is 39.5 Å². The van der Waals surface area contributed by atoms with Gasteiger partial charge in [-0.2, -0.15) is 8.78 Å². The smallest absolute Gasteiger partial charge is 0.301 e. The number of hydrogen-bond acceptors (Lipinski definition) is 1. The molecule has 0 amide bonds. The summed E-state index contributed by atoms with van der Waals surface area (Å²) in [6, 6.07) is 0. The molecule has 0 bridgehead atoms. The third-order valence-electron chi connectivity index (χ3n) is 2.33. The summed E-state index contributed by atoms with van der Waals surface area (Å²) in [4.78, 5) is 0. The first-order valence-electron chi connectivity index (χ1n) is 4.37. The monoisotopic (exact) mass is 196 g/mol. The molecule has 0 aliphatic rings. The Kier molecular flexibility index (Phi) is 5.06. The van der Waals surface area contributed by atoms with Gasteiger partial charge in [-0.1, -0.05) is 13.8 Å². The Labute approximate surface area is 76.3 Å². The lowest BCUT2D eigenvalue weighted by Crippen LogP contribution is -2.26. The van der Waals surface area contributed by atoms with E-state index in [9.17, 15) is 18.3 Å². The molecule has 1 N–H and O–H groups in total. The standard InChI is InChI=1S/C9H15F3O/c1-3-9(13,4-2)6-5-7(10)8(11)12/h13H,3-6H2,1-2H3. The summed E-state index contributed by atoms with van der Waals surface area (Å²) in [5.74, 6) is -1.42. The Morgan fingerprint density at radius 3 is 1.92 bits per heavy atom. The van der Waals surface area contributed by atoms with E-state index in [1.54, 1.807) is 13.8 Å². The predicted octanol–water partition coefficient (Wildman–Crippen LogP) is 3.40. The summed E-state index contributed by atoms with van der Waals surface area (Å²) in [6.45, 7) is 3.49. The van der Waals surface area contributed by atoms with Gasteiger partial charge in [0, 0.05) is 6.42 Å². The molecule has 0 rings (SSSR count). The van der Waals surface area contributed by atoms with Crippen molar-refractivity contribution in [2.45, 2.75) is 45.1 Å². The van der Waals surface area contributed by atoms with Crippen molar-refractivity contribution in [3.8, 4) is 0 Å². The number of allylic oxidation sites excluding steroid dienone is 1. The molecule has 0 heterocycles. The Bertz CT molecular complexity index is 181. The van der Waals surface area contributed by atoms with Crippen molar-refractivity contribution >= 4 is 0 Å². The maximum Gasteiger partial charge on any atom is 0.301 e. The highest BCUT2D eigenvalue weighted by atomic mass is 19.3. The van der Waals surface area contributed by atoms with Gasteiger partial charge in [0.1, 0.15) is 0 Å². The highest BCUT2D eigenvalue weighted by Crippen LogP contribution is 2.25. The molecule has 13 heavy (non-hydrogen) atoms. The molecule has 1 nitrogen and oxygen atoms in total. The second-order valence-corrected chi connectivity index (χ2v) is 3.10. The Morgan fingerprint density at radius 2 is 1.62 bits per heavy atom. The van der Waals surface area contributed by atoms with E-state index in [0.717, 1.165) is 0 Å². The summed E-state index contributed by atoms with van der Waals surface area (Å²) < 4.78 is 35.6. The van der Waals surface area contributed by atoms with E-state index in [-0.39, 0.29) is 12.8 Å². The molecule has 0 aliphatic carbocycles. The van der Waals surface area contributed by atoms with E-state index in [4.69, 9.17) is 0 Å². The van der Waals surface area contributed by atoms with Gasteiger partial charge in [-0.3, -0.25) is 0 Å². The molecule has 0 saturated carbocycles. The highest BCUT2D eigenvalue weighted by molar-refractivity contribution is 4.93. The summed E-state index contributed by atoms with van der Waals surface area (Å²) in [7, 11) is 0. The van der Waals surface area contributed by atoms with Crippen LogP contribution >= 0.6 is 0 Å². The van der Waals surface area contributed by atoms with Gasteiger partial charge in [0.2, 0.25) is 0 Å². The lowest BCUT2D eigenvalue weighted by molar-refractivity contribution is 0.0223. The van der Waals surface area contributed by atoms with Crippen LogP contribution < -0.4 is 0 Å². The first-order chi connectivity index (χ1) is 5.95. The summed E-state index contributed by atoms with van der Waals surface area (Å²) in [5, 5.41) is 9.63. The van der Waals surface area contributed by atoms with Gasteiger partial charge in [0.05, 0.1) is 5.60 Å². The van der Waals surface area contributed by atoms with Gasteiger partial charge in [-0.15, -0.1) is 0 Å². The zero-order valence-electron chi connectivity index (χ0n) is 7.91. The first kappa shape index (κ1) is 12.5. The van der Waals surface area contributed by atoms with Crippen LogP contribution in [0, 0.1) is 0 Å². The van der Waals surface area contributed by atoms with Crippen molar-refractivity contribution in [2.75, 3.05) is 0 Å². The van der Waals surface area contributed by atoms with Gasteiger partial charge in [-0.05, 0) is 19.3 Å². The van der Waals surface area contributed by atoms with E-state index in [2.05, 4.69) is 0 Å². The predicted molar refractivity (Wildman–Crippen MR) is 45.1 cm³/mol. The van der Waals surface area contributed by atoms with Crippen molar-refractivity contribution in [3.63, 3.8) is 0 Å². The van der Waals surface area contributed by atoms with Crippen molar-refractivity contribution in [3.05, 3.63) is 11.9 Å². The number of aliphatic hydroxyl groups is 1. The Morgan fingerprint density at radius 1 is 1.15 bits per heavy atom. The molecular weight excluding hydrogens is 181 g/mol. The lowest BCUT2D eigenvalue weighted by atomic mass is 9.92. The topological polar surface area (TPSA) is 20.2 Å². The molecule has 0 aromatic heterocycles. The number of rotatable bonds is 5. The van der Waals surface area contributed by atoms with Crippen molar-refractivity contribution in [1.82, 2.24) is 0 Å². The van der Waals surface area contributed by atoms with E-state index in [1.807, 2.05) is 0 Å². The van der Waals surface area contributed by atoms with E-state index >= 15 is 0 Å². The van der Waals surface area contributed by atoms with Gasteiger partial charge in [0.25, 0.3) is 0 Å². The minimum atomic E-state index is -2.28. The SMILES string of the molecule is CCC(O)(CC)CCC(F)=C(F)F. The molecule has 0 aliphatic heterocycles. The van der Waals surface area contributed by atoms with Crippen LogP contribution in [-0.2, 0) is 0 Å². The van der Waals surface area contributed by atoms with Crippen molar-refractivity contribution in [1.29, 1.82) is 0 Å². The summed E-state index contributed by atoms with van der Waals surface area (Å²) >= 11 is 0. The van der Waals surface area contributed by atoms with Crippen molar-refractivity contribution < 1.29 is 18.3 Å². The highest BCUT2D eigenvalue weighted by Gasteiger charge is 2.23. The van der Waals surface area contributed by atoms with Crippen LogP contribution in [0.3, 0.4) is 0 Å². The number of halogens is 3. The zero-order chi connectivity index (χ0) is 10.5. The van der Waals surface area contributed by atoms with Crippen LogP contribution in [0.15, 0.2) is 11.9 Å². The molecule has 0 aromatic carbocycles. The van der Waals surface area contributed by atoms with E-state index in [0.29, 0.717) is 12.8 Å². The molecule has 0 fully saturated rings. The third kappa shape index (κ3) is 4.31. The van der Waals surface area contributed by atoms with Crippen molar-refractivity contribution in [2.24, 2.45) is 0 Å². The fraction of sp³-hybridized carbons (Fsp3) is 0.778. The van der Waals surface area contributed by atoms with Gasteiger partial charge in [0.15, 0.2) is 5.83 Å². The number of hydrogen-bond donors (Lipinski definition) is 1.